The first-order valence-corrected chi connectivity index (χ1v) is 4.30. The molecule has 0 atom stereocenters. The minimum Gasteiger partial charge on any atom is -0.385 e. The van der Waals surface area contributed by atoms with Crippen molar-refractivity contribution >= 4 is 10.1 Å². The summed E-state index contributed by atoms with van der Waals surface area (Å²) in [5.41, 5.74) is 0. The quantitative estimate of drug-likeness (QED) is 0.432. The van der Waals surface area contributed by atoms with Crippen LogP contribution in [0, 0.1) is 0 Å². The summed E-state index contributed by atoms with van der Waals surface area (Å²) in [6.45, 7) is 0.391. The fourth-order valence-corrected chi connectivity index (χ4v) is 0.996. The maximum absolute atomic E-state index is 10.5. The third kappa shape index (κ3) is 4.68. The normalized spacial score (nSPS) is 11.8. The monoisotopic (exact) mass is 169 g/mol. The molecule has 2 N–H and O–H groups in total. The van der Waals surface area contributed by atoms with Crippen LogP contribution in [0.5, 0.6) is 0 Å². The van der Waals surface area contributed by atoms with Gasteiger partial charge in [0.15, 0.2) is 0 Å². The molecule has 0 aromatic heterocycles. The number of ether oxygens (including phenoxy) is 1. The minimum absolute atomic E-state index is 0.0999. The van der Waals surface area contributed by atoms with E-state index < -0.39 is 10.1 Å². The number of nitrogens with two attached hydrogens (primary N) is 1. The summed E-state index contributed by atoms with van der Waals surface area (Å²) in [4.78, 5) is 0. The van der Waals surface area contributed by atoms with Crippen molar-refractivity contribution in [2.24, 2.45) is 5.90 Å². The van der Waals surface area contributed by atoms with E-state index in [0.29, 0.717) is 13.0 Å². The van der Waals surface area contributed by atoms with Crippen molar-refractivity contribution in [2.45, 2.75) is 6.42 Å². The van der Waals surface area contributed by atoms with E-state index in [-0.39, 0.29) is 5.75 Å². The predicted octanol–water partition coefficient (Wildman–Crippen LogP) is -0.757. The summed E-state index contributed by atoms with van der Waals surface area (Å²) in [6, 6.07) is 0. The van der Waals surface area contributed by atoms with Crippen LogP contribution in [0.25, 0.3) is 0 Å². The zero-order chi connectivity index (χ0) is 8.04. The van der Waals surface area contributed by atoms with Gasteiger partial charge < -0.3 is 4.74 Å². The van der Waals surface area contributed by atoms with Crippen LogP contribution >= 0.6 is 0 Å². The second-order valence-electron chi connectivity index (χ2n) is 1.70. The Bertz CT molecular complexity index is 164. The smallest absolute Gasteiger partial charge is 0.283 e. The van der Waals surface area contributed by atoms with Gasteiger partial charge in [-0.2, -0.15) is 18.6 Å². The van der Waals surface area contributed by atoms with E-state index in [1.807, 2.05) is 0 Å². The molecule has 10 heavy (non-hydrogen) atoms. The standard InChI is InChI=1S/C4H11NO4S/c1-8-3-2-4-10(6,7)9-5/h2-5H2,1H3. The summed E-state index contributed by atoms with van der Waals surface area (Å²) >= 11 is 0. The molecule has 62 valence electrons. The molecule has 0 aromatic carbocycles. The van der Waals surface area contributed by atoms with Crippen molar-refractivity contribution < 1.29 is 17.4 Å². The van der Waals surface area contributed by atoms with Gasteiger partial charge >= 0.3 is 0 Å². The highest BCUT2D eigenvalue weighted by atomic mass is 32.2. The van der Waals surface area contributed by atoms with E-state index in [1.54, 1.807) is 0 Å². The molecule has 6 heteroatoms. The Morgan fingerprint density at radius 2 is 2.10 bits per heavy atom. The average molecular weight is 169 g/mol. The van der Waals surface area contributed by atoms with Gasteiger partial charge in [-0.05, 0) is 6.42 Å². The van der Waals surface area contributed by atoms with Crippen LogP contribution in [0.4, 0.5) is 0 Å². The van der Waals surface area contributed by atoms with Crippen molar-refractivity contribution in [1.29, 1.82) is 0 Å². The van der Waals surface area contributed by atoms with Gasteiger partial charge in [-0.25, -0.2) is 0 Å². The Hall–Kier alpha value is -0.170. The van der Waals surface area contributed by atoms with Gasteiger partial charge in [-0.15, -0.1) is 0 Å². The molecule has 0 aliphatic rings. The van der Waals surface area contributed by atoms with Crippen LogP contribution in [0.1, 0.15) is 6.42 Å². The molecule has 0 amide bonds. The van der Waals surface area contributed by atoms with Crippen LogP contribution < -0.4 is 5.90 Å². The first-order valence-electron chi connectivity index (χ1n) is 2.72. The lowest BCUT2D eigenvalue weighted by Gasteiger charge is -1.98. The molecule has 0 fully saturated rings. The SMILES string of the molecule is COCCCS(=O)(=O)ON. The zero-order valence-electron chi connectivity index (χ0n) is 5.74. The summed E-state index contributed by atoms with van der Waals surface area (Å²) in [5, 5.41) is 0. The van der Waals surface area contributed by atoms with Crippen LogP contribution in [0.3, 0.4) is 0 Å². The molecule has 0 radical (unpaired) electrons. The third-order valence-electron chi connectivity index (χ3n) is 0.889. The molecular weight excluding hydrogens is 158 g/mol. The molecule has 0 spiro atoms. The van der Waals surface area contributed by atoms with E-state index in [4.69, 9.17) is 0 Å². The Balaban J connectivity index is 3.49. The third-order valence-corrected chi connectivity index (χ3v) is 1.97. The highest BCUT2D eigenvalue weighted by Crippen LogP contribution is 1.91. The zero-order valence-corrected chi connectivity index (χ0v) is 6.56. The molecule has 5 nitrogen and oxygen atoms in total. The van der Waals surface area contributed by atoms with Crippen molar-refractivity contribution in [3.8, 4) is 0 Å². The molecule has 0 rings (SSSR count). The lowest BCUT2D eigenvalue weighted by atomic mass is 10.5. The topological polar surface area (TPSA) is 78.6 Å². The molecule has 0 saturated carbocycles. The Morgan fingerprint density at radius 3 is 2.50 bits per heavy atom. The first kappa shape index (κ1) is 9.83. The summed E-state index contributed by atoms with van der Waals surface area (Å²) < 4.78 is 29.3. The fourth-order valence-electron chi connectivity index (χ4n) is 0.428. The Kier molecular flexibility index (Phi) is 4.54. The number of hydrogen-bond donors (Lipinski definition) is 1. The summed E-state index contributed by atoms with van der Waals surface area (Å²) in [5.74, 6) is 4.36. The minimum atomic E-state index is -3.49. The summed E-state index contributed by atoms with van der Waals surface area (Å²) in [6.07, 6.45) is 0.399. The highest BCUT2D eigenvalue weighted by molar-refractivity contribution is 7.86. The summed E-state index contributed by atoms with van der Waals surface area (Å²) in [7, 11) is -2.00. The molecule has 0 unspecified atom stereocenters. The molecule has 0 heterocycles. The van der Waals surface area contributed by atoms with Crippen LogP contribution in [-0.4, -0.2) is 27.9 Å². The van der Waals surface area contributed by atoms with Gasteiger partial charge in [0.05, 0.1) is 5.75 Å². The lowest BCUT2D eigenvalue weighted by molar-refractivity contribution is 0.198. The Labute approximate surface area is 60.2 Å². The second-order valence-corrected chi connectivity index (χ2v) is 3.42. The van der Waals surface area contributed by atoms with Gasteiger partial charge in [-0.1, -0.05) is 0 Å². The predicted molar refractivity (Wildman–Crippen MR) is 35.6 cm³/mol. The lowest BCUT2D eigenvalue weighted by Crippen LogP contribution is -2.15. The highest BCUT2D eigenvalue weighted by Gasteiger charge is 2.07. The maximum atomic E-state index is 10.5. The van der Waals surface area contributed by atoms with E-state index in [1.165, 1.54) is 7.11 Å². The maximum Gasteiger partial charge on any atom is 0.283 e. The van der Waals surface area contributed by atoms with E-state index in [2.05, 4.69) is 14.9 Å². The van der Waals surface area contributed by atoms with Crippen molar-refractivity contribution in [1.82, 2.24) is 0 Å². The van der Waals surface area contributed by atoms with Crippen LogP contribution in [-0.2, 0) is 19.1 Å². The van der Waals surface area contributed by atoms with Gasteiger partial charge in [-0.3, -0.25) is 0 Å². The van der Waals surface area contributed by atoms with Crippen molar-refractivity contribution in [3.63, 3.8) is 0 Å². The average Bonchev–Trinajstić information content (AvgIpc) is 1.89. The number of hydrogen-bond acceptors (Lipinski definition) is 5. The van der Waals surface area contributed by atoms with Crippen LogP contribution in [0.2, 0.25) is 0 Å². The van der Waals surface area contributed by atoms with E-state index in [9.17, 15) is 8.42 Å². The van der Waals surface area contributed by atoms with Crippen LogP contribution in [0.15, 0.2) is 0 Å². The molecular formula is C4H11NO4S. The van der Waals surface area contributed by atoms with E-state index in [0.717, 1.165) is 0 Å². The Morgan fingerprint density at radius 1 is 1.50 bits per heavy atom. The number of methoxy groups -OCH3 is 1. The van der Waals surface area contributed by atoms with E-state index >= 15 is 0 Å². The van der Waals surface area contributed by atoms with Crippen molar-refractivity contribution in [2.75, 3.05) is 19.5 Å². The van der Waals surface area contributed by atoms with Crippen molar-refractivity contribution in [3.05, 3.63) is 0 Å². The van der Waals surface area contributed by atoms with Gasteiger partial charge in [0, 0.05) is 13.7 Å². The van der Waals surface area contributed by atoms with Gasteiger partial charge in [0.2, 0.25) is 0 Å². The number of rotatable bonds is 5. The first-order chi connectivity index (χ1) is 4.62. The second kappa shape index (κ2) is 4.62. The molecule has 0 saturated heterocycles. The molecule has 0 aromatic rings. The fraction of sp³-hybridized carbons (Fsp3) is 1.00. The van der Waals surface area contributed by atoms with Gasteiger partial charge in [0.1, 0.15) is 0 Å². The largest absolute Gasteiger partial charge is 0.385 e. The van der Waals surface area contributed by atoms with Gasteiger partial charge in [0.25, 0.3) is 10.1 Å². The molecule has 0 aliphatic heterocycles. The molecule has 0 aliphatic carbocycles. The molecule has 0 bridgehead atoms.